The van der Waals surface area contributed by atoms with Gasteiger partial charge in [-0.3, -0.25) is 4.98 Å². The Hall–Kier alpha value is -1.06. The van der Waals surface area contributed by atoms with E-state index in [1.807, 2.05) is 25.1 Å². The van der Waals surface area contributed by atoms with Gasteiger partial charge in [0.05, 0.1) is 17.9 Å². The highest BCUT2D eigenvalue weighted by Gasteiger charge is 2.47. The maximum Gasteiger partial charge on any atom is 0.281 e. The van der Waals surface area contributed by atoms with Crippen molar-refractivity contribution in [2.75, 3.05) is 40.4 Å². The Kier molecular flexibility index (Phi) is 6.53. The first kappa shape index (κ1) is 20.7. The van der Waals surface area contributed by atoms with Crippen LogP contribution < -0.4 is 0 Å². The van der Waals surface area contributed by atoms with Crippen molar-refractivity contribution in [2.24, 2.45) is 5.92 Å². The molecule has 0 amide bonds. The van der Waals surface area contributed by atoms with Crippen molar-refractivity contribution in [3.63, 3.8) is 0 Å². The summed E-state index contributed by atoms with van der Waals surface area (Å²) in [4.78, 5) is 4.46. The van der Waals surface area contributed by atoms with Gasteiger partial charge in [0, 0.05) is 46.1 Å². The molecule has 8 heteroatoms. The van der Waals surface area contributed by atoms with E-state index in [0.29, 0.717) is 32.2 Å². The van der Waals surface area contributed by atoms with E-state index in [9.17, 15) is 8.42 Å². The largest absolute Gasteiger partial charge is 0.375 e. The minimum absolute atomic E-state index is 0.191. The number of aryl methyl sites for hydroxylation is 1. The second-order valence-electron chi connectivity index (χ2n) is 7.70. The van der Waals surface area contributed by atoms with Crippen LogP contribution in [0.5, 0.6) is 0 Å². The van der Waals surface area contributed by atoms with E-state index in [1.54, 1.807) is 18.4 Å². The molecule has 1 atom stereocenters. The summed E-state index contributed by atoms with van der Waals surface area (Å²) in [5, 5.41) is 0. The summed E-state index contributed by atoms with van der Waals surface area (Å²) < 4.78 is 39.5. The smallest absolute Gasteiger partial charge is 0.281 e. The molecule has 2 fully saturated rings. The van der Waals surface area contributed by atoms with Crippen LogP contribution in [0.1, 0.15) is 37.1 Å². The van der Waals surface area contributed by atoms with Crippen molar-refractivity contribution in [1.29, 1.82) is 0 Å². The average Bonchev–Trinajstić information content (AvgIpc) is 3.01. The van der Waals surface area contributed by atoms with Crippen LogP contribution in [-0.4, -0.2) is 68.0 Å². The molecule has 27 heavy (non-hydrogen) atoms. The summed E-state index contributed by atoms with van der Waals surface area (Å²) in [6, 6.07) is 5.95. The summed E-state index contributed by atoms with van der Waals surface area (Å²) in [6.07, 6.45) is 3.47. The van der Waals surface area contributed by atoms with E-state index in [0.717, 1.165) is 43.7 Å². The fourth-order valence-electron chi connectivity index (χ4n) is 4.15. The maximum atomic E-state index is 12.3. The molecular formula is C19H31N3O4S. The van der Waals surface area contributed by atoms with Crippen LogP contribution in [0.3, 0.4) is 0 Å². The third kappa shape index (κ3) is 4.68. The van der Waals surface area contributed by atoms with Gasteiger partial charge in [-0.1, -0.05) is 6.07 Å². The van der Waals surface area contributed by atoms with Gasteiger partial charge in [-0.2, -0.15) is 17.0 Å². The molecule has 0 saturated carbocycles. The molecule has 3 rings (SSSR count). The minimum atomic E-state index is -3.34. The molecule has 0 aromatic carbocycles. The van der Waals surface area contributed by atoms with Gasteiger partial charge in [0.2, 0.25) is 0 Å². The van der Waals surface area contributed by atoms with Crippen molar-refractivity contribution in [2.45, 2.75) is 44.8 Å². The number of hydrogen-bond donors (Lipinski definition) is 0. The van der Waals surface area contributed by atoms with Gasteiger partial charge in [0.15, 0.2) is 0 Å². The number of pyridine rings is 1. The van der Waals surface area contributed by atoms with Gasteiger partial charge >= 0.3 is 0 Å². The highest BCUT2D eigenvalue weighted by Crippen LogP contribution is 2.42. The molecule has 3 heterocycles. The van der Waals surface area contributed by atoms with Crippen LogP contribution in [0.25, 0.3) is 0 Å². The monoisotopic (exact) mass is 397 g/mol. The van der Waals surface area contributed by atoms with E-state index < -0.39 is 10.2 Å². The summed E-state index contributed by atoms with van der Waals surface area (Å²) in [5.74, 6) is 0.423. The van der Waals surface area contributed by atoms with Crippen LogP contribution in [0.4, 0.5) is 0 Å². The molecule has 1 unspecified atom stereocenters. The molecule has 1 aromatic rings. The number of hydrogen-bond acceptors (Lipinski definition) is 5. The van der Waals surface area contributed by atoms with Gasteiger partial charge in [-0.25, -0.2) is 0 Å². The van der Waals surface area contributed by atoms with Crippen molar-refractivity contribution < 1.29 is 17.9 Å². The highest BCUT2D eigenvalue weighted by molar-refractivity contribution is 7.86. The first-order valence-electron chi connectivity index (χ1n) is 9.65. The van der Waals surface area contributed by atoms with Gasteiger partial charge in [0.25, 0.3) is 10.2 Å². The number of rotatable bonds is 7. The number of ether oxygens (including phenoxy) is 2. The lowest BCUT2D eigenvalue weighted by Gasteiger charge is -2.42. The first-order valence-corrected chi connectivity index (χ1v) is 11.0. The molecule has 152 valence electrons. The van der Waals surface area contributed by atoms with Gasteiger partial charge in [-0.15, -0.1) is 0 Å². The lowest BCUT2D eigenvalue weighted by atomic mass is 9.78. The maximum absolute atomic E-state index is 12.3. The molecule has 7 nitrogen and oxygen atoms in total. The van der Waals surface area contributed by atoms with E-state index in [2.05, 4.69) is 4.98 Å². The Morgan fingerprint density at radius 1 is 1.33 bits per heavy atom. The third-order valence-corrected chi connectivity index (χ3v) is 7.70. The normalized spacial score (nSPS) is 23.3. The molecule has 1 spiro atoms. The van der Waals surface area contributed by atoms with Crippen LogP contribution in [0.2, 0.25) is 0 Å². The predicted molar refractivity (Wildman–Crippen MR) is 103 cm³/mol. The van der Waals surface area contributed by atoms with Crippen LogP contribution in [0.15, 0.2) is 18.2 Å². The molecule has 0 bridgehead atoms. The zero-order valence-corrected chi connectivity index (χ0v) is 17.4. The third-order valence-electron chi connectivity index (χ3n) is 5.76. The van der Waals surface area contributed by atoms with E-state index in [4.69, 9.17) is 9.47 Å². The van der Waals surface area contributed by atoms with E-state index in [-0.39, 0.29) is 5.60 Å². The molecule has 2 aliphatic heterocycles. The van der Waals surface area contributed by atoms with Crippen LogP contribution >= 0.6 is 0 Å². The number of piperidine rings is 1. The fraction of sp³-hybridized carbons (Fsp3) is 0.737. The molecule has 2 aliphatic rings. The molecular weight excluding hydrogens is 366 g/mol. The Morgan fingerprint density at radius 3 is 2.74 bits per heavy atom. The van der Waals surface area contributed by atoms with Crippen molar-refractivity contribution in [3.8, 4) is 0 Å². The second kappa shape index (κ2) is 8.53. The SMILES string of the molecule is Cc1cccc(COCCC2CCOC23CCN(S(=O)(=O)N(C)C)CC3)n1. The average molecular weight is 398 g/mol. The summed E-state index contributed by atoms with van der Waals surface area (Å²) in [7, 11) is -0.183. The van der Waals surface area contributed by atoms with Crippen LogP contribution in [0, 0.1) is 12.8 Å². The van der Waals surface area contributed by atoms with Crippen molar-refractivity contribution in [1.82, 2.24) is 13.6 Å². The fourth-order valence-corrected chi connectivity index (χ4v) is 5.26. The molecule has 0 N–H and O–H groups in total. The standard InChI is InChI=1S/C19H31N3O4S/c1-16-5-4-6-18(20-16)15-25-13-7-17-8-14-26-19(17)9-11-22(12-10-19)27(23,24)21(2)3/h4-6,17H,7-15H2,1-3H3. The van der Waals surface area contributed by atoms with Crippen molar-refractivity contribution in [3.05, 3.63) is 29.6 Å². The number of aromatic nitrogens is 1. The quantitative estimate of drug-likeness (QED) is 0.658. The Morgan fingerprint density at radius 2 is 2.07 bits per heavy atom. The molecule has 0 aliphatic carbocycles. The van der Waals surface area contributed by atoms with Crippen LogP contribution in [-0.2, 0) is 26.3 Å². The van der Waals surface area contributed by atoms with E-state index >= 15 is 0 Å². The summed E-state index contributed by atoms with van der Waals surface area (Å²) >= 11 is 0. The topological polar surface area (TPSA) is 72.0 Å². The first-order chi connectivity index (χ1) is 12.8. The van der Waals surface area contributed by atoms with Gasteiger partial charge in [0.1, 0.15) is 0 Å². The number of nitrogens with zero attached hydrogens (tertiary/aromatic N) is 3. The molecule has 1 aromatic heterocycles. The van der Waals surface area contributed by atoms with Gasteiger partial charge < -0.3 is 9.47 Å². The molecule has 2 saturated heterocycles. The summed E-state index contributed by atoms with van der Waals surface area (Å²) in [5.41, 5.74) is 1.76. The Bertz CT molecular complexity index is 730. The predicted octanol–water partition coefficient (Wildman–Crippen LogP) is 1.97. The van der Waals surface area contributed by atoms with Gasteiger partial charge in [-0.05, 0) is 50.7 Å². The van der Waals surface area contributed by atoms with Crippen molar-refractivity contribution >= 4 is 10.2 Å². The van der Waals surface area contributed by atoms with E-state index in [1.165, 1.54) is 4.31 Å². The molecule has 0 radical (unpaired) electrons. The Balaban J connectivity index is 1.49. The lowest BCUT2D eigenvalue weighted by molar-refractivity contribution is -0.0623. The Labute approximate surface area is 162 Å². The minimum Gasteiger partial charge on any atom is -0.375 e. The zero-order valence-electron chi connectivity index (χ0n) is 16.6. The zero-order chi connectivity index (χ0) is 19.5. The highest BCUT2D eigenvalue weighted by atomic mass is 32.2. The second-order valence-corrected chi connectivity index (χ2v) is 9.84. The lowest BCUT2D eigenvalue weighted by Crippen LogP contribution is -2.51. The summed E-state index contributed by atoms with van der Waals surface area (Å²) in [6.45, 7) is 4.97.